The molecule has 1 aromatic carbocycles. The molecule has 0 aliphatic heterocycles. The van der Waals surface area contributed by atoms with Gasteiger partial charge in [-0.1, -0.05) is 25.5 Å². The zero-order chi connectivity index (χ0) is 17.1. The average molecular weight is 329 g/mol. The highest BCUT2D eigenvalue weighted by Gasteiger charge is 2.16. The first-order valence-electron chi connectivity index (χ1n) is 7.92. The third kappa shape index (κ3) is 3.35. The van der Waals surface area contributed by atoms with Crippen LogP contribution in [0.3, 0.4) is 0 Å². The van der Waals surface area contributed by atoms with Gasteiger partial charge in [0.1, 0.15) is 18.0 Å². The Bertz CT molecular complexity index is 817. The number of benzene rings is 1. The molecule has 0 amide bonds. The van der Waals surface area contributed by atoms with E-state index in [1.807, 2.05) is 18.0 Å². The summed E-state index contributed by atoms with van der Waals surface area (Å²) in [4.78, 5) is 10.5. The Kier molecular flexibility index (Phi) is 4.71. The van der Waals surface area contributed by atoms with E-state index in [0.29, 0.717) is 17.9 Å². The van der Waals surface area contributed by atoms with Crippen molar-refractivity contribution in [2.75, 3.05) is 18.5 Å². The van der Waals surface area contributed by atoms with Gasteiger partial charge in [0, 0.05) is 25.4 Å². The molecule has 2 heterocycles. The molecule has 0 unspecified atom stereocenters. The lowest BCUT2D eigenvalue weighted by molar-refractivity contribution is 0.184. The number of aryl methyl sites for hydroxylation is 1. The Hall–Kier alpha value is -2.54. The molecule has 6 nitrogen and oxygen atoms in total. The van der Waals surface area contributed by atoms with Gasteiger partial charge in [-0.05, 0) is 24.1 Å². The van der Waals surface area contributed by atoms with Crippen LogP contribution in [0.1, 0.15) is 30.7 Å². The van der Waals surface area contributed by atoms with Gasteiger partial charge in [-0.15, -0.1) is 0 Å². The summed E-state index contributed by atoms with van der Waals surface area (Å²) in [6.07, 6.45) is 2.56. The fourth-order valence-electron chi connectivity index (χ4n) is 2.64. The highest BCUT2D eigenvalue weighted by Crippen LogP contribution is 2.20. The second kappa shape index (κ2) is 6.92. The Morgan fingerprint density at radius 1 is 1.29 bits per heavy atom. The summed E-state index contributed by atoms with van der Waals surface area (Å²) in [5.41, 5.74) is 1.61. The average Bonchev–Trinajstić information content (AvgIpc) is 3.03. The number of aliphatic hydroxyl groups excluding tert-OH is 1. The summed E-state index contributed by atoms with van der Waals surface area (Å²) >= 11 is 0. The summed E-state index contributed by atoms with van der Waals surface area (Å²) in [7, 11) is 1.87. The number of nitrogens with zero attached hydrogens (tertiary/aromatic N) is 5. The molecule has 1 atom stereocenters. The van der Waals surface area contributed by atoms with Gasteiger partial charge >= 0.3 is 0 Å². The topological polar surface area (TPSA) is 66.5 Å². The number of aliphatic hydroxyl groups is 1. The van der Waals surface area contributed by atoms with E-state index in [-0.39, 0.29) is 5.82 Å². The third-order valence-electron chi connectivity index (χ3n) is 3.88. The van der Waals surface area contributed by atoms with Crippen LogP contribution >= 0.6 is 0 Å². The van der Waals surface area contributed by atoms with Crippen molar-refractivity contribution in [3.8, 4) is 0 Å². The molecule has 0 fully saturated rings. The second-order valence-electron chi connectivity index (χ2n) is 5.78. The van der Waals surface area contributed by atoms with Crippen LogP contribution in [0.25, 0.3) is 5.78 Å². The van der Waals surface area contributed by atoms with Crippen molar-refractivity contribution in [1.29, 1.82) is 0 Å². The maximum atomic E-state index is 13.0. The van der Waals surface area contributed by atoms with Gasteiger partial charge in [0.25, 0.3) is 5.78 Å². The first-order chi connectivity index (χ1) is 11.6. The number of fused-ring (bicyclic) bond motifs is 1. The molecule has 7 heteroatoms. The number of likely N-dealkylation sites (N-methyl/N-ethyl adjacent to an activating group) is 1. The number of aromatic nitrogens is 4. The quantitative estimate of drug-likeness (QED) is 0.752. The first-order valence-corrected chi connectivity index (χ1v) is 7.92. The molecule has 0 saturated heterocycles. The van der Waals surface area contributed by atoms with Crippen LogP contribution in [-0.4, -0.2) is 38.3 Å². The van der Waals surface area contributed by atoms with E-state index < -0.39 is 6.10 Å². The van der Waals surface area contributed by atoms with Crippen molar-refractivity contribution < 1.29 is 9.50 Å². The first kappa shape index (κ1) is 16.3. The molecule has 0 aliphatic rings. The Labute approximate surface area is 139 Å². The van der Waals surface area contributed by atoms with Crippen LogP contribution in [-0.2, 0) is 6.42 Å². The fraction of sp³-hybridized carbons (Fsp3) is 0.353. The molecular weight excluding hydrogens is 309 g/mol. The number of hydrogen-bond donors (Lipinski definition) is 1. The van der Waals surface area contributed by atoms with Crippen LogP contribution in [0.4, 0.5) is 10.2 Å². The van der Waals surface area contributed by atoms with Gasteiger partial charge in [-0.2, -0.15) is 14.6 Å². The van der Waals surface area contributed by atoms with E-state index in [2.05, 4.69) is 22.0 Å². The lowest BCUT2D eigenvalue weighted by Crippen LogP contribution is -2.26. The molecule has 2 aromatic heterocycles. The van der Waals surface area contributed by atoms with Crippen molar-refractivity contribution in [2.24, 2.45) is 0 Å². The fourth-order valence-corrected chi connectivity index (χ4v) is 2.64. The minimum absolute atomic E-state index is 0.318. The Morgan fingerprint density at radius 3 is 2.75 bits per heavy atom. The lowest BCUT2D eigenvalue weighted by atomic mass is 10.1. The van der Waals surface area contributed by atoms with Crippen molar-refractivity contribution in [2.45, 2.75) is 25.9 Å². The summed E-state index contributed by atoms with van der Waals surface area (Å²) in [6, 6.07) is 7.84. The normalized spacial score (nSPS) is 12.5. The highest BCUT2D eigenvalue weighted by molar-refractivity contribution is 5.47. The molecule has 0 radical (unpaired) electrons. The maximum absolute atomic E-state index is 13.0. The zero-order valence-corrected chi connectivity index (χ0v) is 13.7. The zero-order valence-electron chi connectivity index (χ0n) is 13.7. The molecule has 126 valence electrons. The van der Waals surface area contributed by atoms with Gasteiger partial charge < -0.3 is 10.0 Å². The van der Waals surface area contributed by atoms with Crippen LogP contribution in [0.15, 0.2) is 36.7 Å². The number of hydrogen-bond acceptors (Lipinski definition) is 5. The maximum Gasteiger partial charge on any atom is 0.254 e. The predicted octanol–water partition coefficient (Wildman–Crippen LogP) is 2.39. The van der Waals surface area contributed by atoms with E-state index in [1.54, 1.807) is 16.6 Å². The molecule has 1 N–H and O–H groups in total. The summed E-state index contributed by atoms with van der Waals surface area (Å²) < 4.78 is 14.7. The van der Waals surface area contributed by atoms with E-state index in [4.69, 9.17) is 0 Å². The van der Waals surface area contributed by atoms with Crippen LogP contribution in [0.5, 0.6) is 0 Å². The second-order valence-corrected chi connectivity index (χ2v) is 5.78. The minimum Gasteiger partial charge on any atom is -0.387 e. The number of halogens is 1. The van der Waals surface area contributed by atoms with Gasteiger partial charge in [-0.3, -0.25) is 0 Å². The van der Waals surface area contributed by atoms with Crippen molar-refractivity contribution in [3.05, 3.63) is 53.7 Å². The molecule has 0 aliphatic carbocycles. The third-order valence-corrected chi connectivity index (χ3v) is 3.88. The SMILES string of the molecule is CCCc1cc(N(C)C[C@@H](O)c2ccc(F)cc2)n2ncnc2n1. The largest absolute Gasteiger partial charge is 0.387 e. The molecule has 0 bridgehead atoms. The van der Waals surface area contributed by atoms with E-state index in [9.17, 15) is 9.50 Å². The molecule has 3 rings (SSSR count). The van der Waals surface area contributed by atoms with Gasteiger partial charge in [0.15, 0.2) is 0 Å². The number of rotatable bonds is 6. The molecule has 3 aromatic rings. The summed E-state index contributed by atoms with van der Waals surface area (Å²) in [5.74, 6) is 1.03. The lowest BCUT2D eigenvalue weighted by Gasteiger charge is -2.23. The van der Waals surface area contributed by atoms with E-state index in [0.717, 1.165) is 24.4 Å². The predicted molar refractivity (Wildman–Crippen MR) is 89.4 cm³/mol. The van der Waals surface area contributed by atoms with Crippen molar-refractivity contribution in [3.63, 3.8) is 0 Å². The molecular formula is C17H20FN5O. The summed E-state index contributed by atoms with van der Waals surface area (Å²) in [6.45, 7) is 2.44. The molecule has 0 saturated carbocycles. The monoisotopic (exact) mass is 329 g/mol. The Balaban J connectivity index is 1.86. The Morgan fingerprint density at radius 2 is 2.04 bits per heavy atom. The van der Waals surface area contributed by atoms with Crippen LogP contribution in [0.2, 0.25) is 0 Å². The minimum atomic E-state index is -0.739. The van der Waals surface area contributed by atoms with E-state index in [1.165, 1.54) is 18.5 Å². The van der Waals surface area contributed by atoms with Gasteiger partial charge in [0.05, 0.1) is 6.10 Å². The summed E-state index contributed by atoms with van der Waals surface area (Å²) in [5, 5.41) is 14.6. The highest BCUT2D eigenvalue weighted by atomic mass is 19.1. The standard InChI is InChI=1S/C17H20FN5O/c1-3-4-14-9-16(23-17(21-14)19-11-20-23)22(2)10-15(24)12-5-7-13(18)8-6-12/h5-9,11,15,24H,3-4,10H2,1-2H3/t15-/m1/s1. The smallest absolute Gasteiger partial charge is 0.254 e. The molecule has 24 heavy (non-hydrogen) atoms. The van der Waals surface area contributed by atoms with Gasteiger partial charge in [0.2, 0.25) is 0 Å². The van der Waals surface area contributed by atoms with Crippen LogP contribution < -0.4 is 4.90 Å². The van der Waals surface area contributed by atoms with E-state index >= 15 is 0 Å². The number of anilines is 1. The van der Waals surface area contributed by atoms with Gasteiger partial charge in [-0.25, -0.2) is 9.37 Å². The molecule has 0 spiro atoms. The van der Waals surface area contributed by atoms with Crippen molar-refractivity contribution >= 4 is 11.6 Å². The van der Waals surface area contributed by atoms with Crippen LogP contribution in [0, 0.1) is 5.82 Å². The van der Waals surface area contributed by atoms with Crippen molar-refractivity contribution in [1.82, 2.24) is 19.6 Å².